The number of urea groups is 1. The third kappa shape index (κ3) is 4.36. The Bertz CT molecular complexity index is 1140. The molecule has 0 saturated heterocycles. The van der Waals surface area contributed by atoms with Crippen molar-refractivity contribution in [3.05, 3.63) is 78.1 Å². The van der Waals surface area contributed by atoms with Crippen molar-refractivity contribution in [1.29, 1.82) is 0 Å². The van der Waals surface area contributed by atoms with Crippen LogP contribution in [0.5, 0.6) is 0 Å². The summed E-state index contributed by atoms with van der Waals surface area (Å²) in [6.07, 6.45) is 0. The lowest BCUT2D eigenvalue weighted by molar-refractivity contribution is -0.137. The summed E-state index contributed by atoms with van der Waals surface area (Å²) in [5, 5.41) is 7.45. The van der Waals surface area contributed by atoms with E-state index in [4.69, 9.17) is 0 Å². The van der Waals surface area contributed by atoms with E-state index in [-0.39, 0.29) is 29.9 Å². The number of esters is 1. The predicted molar refractivity (Wildman–Crippen MR) is 118 cm³/mol. The third-order valence-corrected chi connectivity index (χ3v) is 4.93. The van der Waals surface area contributed by atoms with E-state index in [1.165, 1.54) is 11.9 Å². The number of carbonyl (C=O) groups excluding carboxylic acids is 4. The Labute approximate surface area is 184 Å². The first-order valence-electron chi connectivity index (χ1n) is 9.57. The second kappa shape index (κ2) is 9.17. The molecule has 1 heterocycles. The number of anilines is 1. The first-order valence-corrected chi connectivity index (χ1v) is 9.57. The van der Waals surface area contributed by atoms with Gasteiger partial charge in [0.25, 0.3) is 11.8 Å². The van der Waals surface area contributed by atoms with Crippen molar-refractivity contribution in [2.24, 2.45) is 0 Å². The Kier molecular flexibility index (Phi) is 6.39. The Morgan fingerprint density at radius 1 is 1.03 bits per heavy atom. The quantitative estimate of drug-likeness (QED) is 0.477. The number of rotatable bonds is 6. The summed E-state index contributed by atoms with van der Waals surface area (Å²) in [4.78, 5) is 49.5. The second-order valence-electron chi connectivity index (χ2n) is 6.88. The van der Waals surface area contributed by atoms with Gasteiger partial charge in [-0.25, -0.2) is 9.59 Å². The Balaban J connectivity index is 1.82. The van der Waals surface area contributed by atoms with Gasteiger partial charge in [-0.3, -0.25) is 14.5 Å². The van der Waals surface area contributed by atoms with Crippen molar-refractivity contribution in [3.8, 4) is 11.1 Å². The number of fused-ring (bicyclic) bond motifs is 1. The molecule has 0 unspecified atom stereocenters. The number of ether oxygens (including phenoxy) is 1. The number of benzene rings is 2. The van der Waals surface area contributed by atoms with Crippen molar-refractivity contribution in [2.45, 2.75) is 6.54 Å². The van der Waals surface area contributed by atoms with Crippen LogP contribution in [0.25, 0.3) is 11.1 Å². The fourth-order valence-electron chi connectivity index (χ4n) is 3.25. The summed E-state index contributed by atoms with van der Waals surface area (Å²) < 4.78 is 4.50. The average Bonchev–Trinajstić information content (AvgIpc) is 3.14. The molecule has 1 aliphatic heterocycles. The molecule has 4 amide bonds. The zero-order valence-corrected chi connectivity index (χ0v) is 17.7. The molecule has 9 heteroatoms. The number of hydrogen-bond acceptors (Lipinski definition) is 5. The highest BCUT2D eigenvalue weighted by atomic mass is 16.5. The maximum atomic E-state index is 12.9. The molecule has 0 fully saturated rings. The number of carbonyl (C=O) groups is 4. The van der Waals surface area contributed by atoms with Crippen molar-refractivity contribution >= 4 is 29.5 Å². The molecule has 0 saturated carbocycles. The van der Waals surface area contributed by atoms with Gasteiger partial charge in [0.15, 0.2) is 0 Å². The van der Waals surface area contributed by atoms with Gasteiger partial charge in [0.05, 0.1) is 13.7 Å². The molecule has 1 aliphatic rings. The normalized spacial score (nSPS) is 11.9. The van der Waals surface area contributed by atoms with Crippen LogP contribution in [0.3, 0.4) is 0 Å². The number of nitrogens with one attached hydrogen (secondary N) is 3. The monoisotopic (exact) mass is 434 g/mol. The molecule has 2 aromatic rings. The maximum absolute atomic E-state index is 12.9. The number of amides is 4. The highest BCUT2D eigenvalue weighted by Crippen LogP contribution is 2.34. The van der Waals surface area contributed by atoms with Crippen LogP contribution in [0.4, 0.5) is 10.5 Å². The molecule has 0 radical (unpaired) electrons. The van der Waals surface area contributed by atoms with Gasteiger partial charge in [0, 0.05) is 18.3 Å². The summed E-state index contributed by atoms with van der Waals surface area (Å²) in [6.45, 7) is 7.29. The maximum Gasteiger partial charge on any atom is 0.353 e. The molecule has 0 spiro atoms. The van der Waals surface area contributed by atoms with Gasteiger partial charge in [-0.1, -0.05) is 37.4 Å². The van der Waals surface area contributed by atoms with Gasteiger partial charge >= 0.3 is 12.0 Å². The Morgan fingerprint density at radius 2 is 1.69 bits per heavy atom. The van der Waals surface area contributed by atoms with Gasteiger partial charge in [-0.15, -0.1) is 0 Å². The van der Waals surface area contributed by atoms with Crippen LogP contribution < -0.4 is 16.0 Å². The van der Waals surface area contributed by atoms with E-state index in [1.807, 2.05) is 18.2 Å². The lowest BCUT2D eigenvalue weighted by atomic mass is 9.97. The lowest BCUT2D eigenvalue weighted by Gasteiger charge is -2.18. The molecule has 0 atom stereocenters. The summed E-state index contributed by atoms with van der Waals surface area (Å²) in [5.74, 6) is -1.89. The largest absolute Gasteiger partial charge is 0.464 e. The van der Waals surface area contributed by atoms with Crippen LogP contribution in [0, 0.1) is 0 Å². The summed E-state index contributed by atoms with van der Waals surface area (Å²) in [5.41, 5.74) is 3.10. The SMILES string of the molecule is C=C(NC(=O)C(=C)N1Cc2c(cccc2-c2ccc(NC(=O)NC)cc2)C1=O)C(=O)OC. The highest BCUT2D eigenvalue weighted by molar-refractivity contribution is 6.07. The van der Waals surface area contributed by atoms with Crippen LogP contribution in [-0.2, 0) is 20.9 Å². The van der Waals surface area contributed by atoms with Crippen LogP contribution in [-0.4, -0.2) is 42.9 Å². The smallest absolute Gasteiger partial charge is 0.353 e. The molecule has 2 aromatic carbocycles. The van der Waals surface area contributed by atoms with Gasteiger partial charge in [-0.05, 0) is 34.9 Å². The van der Waals surface area contributed by atoms with Crippen LogP contribution in [0.1, 0.15) is 15.9 Å². The van der Waals surface area contributed by atoms with E-state index in [2.05, 4.69) is 33.8 Å². The minimum atomic E-state index is -0.793. The zero-order chi connectivity index (χ0) is 23.4. The molecule has 0 bridgehead atoms. The van der Waals surface area contributed by atoms with E-state index >= 15 is 0 Å². The molecule has 0 aromatic heterocycles. The minimum absolute atomic E-state index is 0.118. The van der Waals surface area contributed by atoms with Crippen molar-refractivity contribution in [2.75, 3.05) is 19.5 Å². The fraction of sp³-hybridized carbons (Fsp3) is 0.130. The van der Waals surface area contributed by atoms with E-state index in [9.17, 15) is 19.2 Å². The summed E-state index contributed by atoms with van der Waals surface area (Å²) >= 11 is 0. The number of methoxy groups -OCH3 is 1. The fourth-order valence-corrected chi connectivity index (χ4v) is 3.25. The van der Waals surface area contributed by atoms with Crippen molar-refractivity contribution < 1.29 is 23.9 Å². The molecule has 3 rings (SSSR count). The zero-order valence-electron chi connectivity index (χ0n) is 17.7. The summed E-state index contributed by atoms with van der Waals surface area (Å²) in [7, 11) is 2.69. The van der Waals surface area contributed by atoms with Crippen LogP contribution in [0.2, 0.25) is 0 Å². The van der Waals surface area contributed by atoms with Crippen molar-refractivity contribution in [3.63, 3.8) is 0 Å². The molecular weight excluding hydrogens is 412 g/mol. The second-order valence-corrected chi connectivity index (χ2v) is 6.88. The van der Waals surface area contributed by atoms with Gasteiger partial charge in [-0.2, -0.15) is 0 Å². The average molecular weight is 434 g/mol. The molecule has 9 nitrogen and oxygen atoms in total. The van der Waals surface area contributed by atoms with Crippen LogP contribution >= 0.6 is 0 Å². The van der Waals surface area contributed by atoms with E-state index in [1.54, 1.807) is 24.3 Å². The third-order valence-electron chi connectivity index (χ3n) is 4.93. The molecule has 164 valence electrons. The lowest BCUT2D eigenvalue weighted by Crippen LogP contribution is -2.36. The van der Waals surface area contributed by atoms with Gasteiger partial charge in [0.2, 0.25) is 0 Å². The molecule has 32 heavy (non-hydrogen) atoms. The topological polar surface area (TPSA) is 117 Å². The van der Waals surface area contributed by atoms with Crippen LogP contribution in [0.15, 0.2) is 67.0 Å². The Morgan fingerprint density at radius 3 is 2.31 bits per heavy atom. The number of hydrogen-bond donors (Lipinski definition) is 3. The highest BCUT2D eigenvalue weighted by Gasteiger charge is 2.33. The minimum Gasteiger partial charge on any atom is -0.464 e. The Hall–Kier alpha value is -4.40. The van der Waals surface area contributed by atoms with E-state index in [0.717, 1.165) is 23.8 Å². The first kappa shape index (κ1) is 22.3. The predicted octanol–water partition coefficient (Wildman–Crippen LogP) is 2.38. The van der Waals surface area contributed by atoms with E-state index in [0.29, 0.717) is 11.3 Å². The first-order chi connectivity index (χ1) is 15.3. The van der Waals surface area contributed by atoms with Gasteiger partial charge < -0.3 is 20.7 Å². The van der Waals surface area contributed by atoms with Crippen molar-refractivity contribution in [1.82, 2.24) is 15.5 Å². The van der Waals surface area contributed by atoms with Gasteiger partial charge in [0.1, 0.15) is 11.4 Å². The molecule has 3 N–H and O–H groups in total. The van der Waals surface area contributed by atoms with E-state index < -0.39 is 11.9 Å². The standard InChI is InChI=1S/C23H22N4O5/c1-13(22(30)32-4)25-20(28)14(2)27-12-19-17(6-5-7-18(19)21(27)29)15-8-10-16(11-9-15)26-23(31)24-3/h5-11H,1-2,12H2,3-4H3,(H,25,28)(H2,24,26,31). The molecule has 0 aliphatic carbocycles. The molecular formula is C23H22N4O5. The summed E-state index contributed by atoms with van der Waals surface area (Å²) in [6, 6.07) is 12.2. The number of nitrogens with zero attached hydrogens (tertiary/aromatic N) is 1.